The normalized spacial score (nSPS) is 18.2. The number of hydrogen-bond donors (Lipinski definition) is 1. The van der Waals surface area contributed by atoms with Gasteiger partial charge < -0.3 is 14.7 Å². The van der Waals surface area contributed by atoms with Crippen molar-refractivity contribution in [3.05, 3.63) is 79.2 Å². The number of thiophene rings is 2. The molecule has 1 saturated heterocycles. The Bertz CT molecular complexity index is 1130. The Balaban J connectivity index is 1.91. The van der Waals surface area contributed by atoms with Crippen LogP contribution in [0.1, 0.15) is 32.5 Å². The number of likely N-dealkylation sites (tertiary alicyclic amines) is 1. The number of carbonyl (C=O) groups is 2. The fraction of sp³-hybridized carbons (Fsp3) is 0.217. The zero-order chi connectivity index (χ0) is 21.4. The third-order valence-corrected chi connectivity index (χ3v) is 6.92. The molecule has 3 aromatic rings. The van der Waals surface area contributed by atoms with Crippen molar-refractivity contribution in [3.8, 4) is 5.75 Å². The van der Waals surface area contributed by atoms with Crippen molar-refractivity contribution >= 4 is 40.1 Å². The highest BCUT2D eigenvalue weighted by molar-refractivity contribution is 7.10. The van der Waals surface area contributed by atoms with Gasteiger partial charge in [0.25, 0.3) is 11.7 Å². The Morgan fingerprint density at radius 2 is 1.87 bits per heavy atom. The maximum atomic E-state index is 13.1. The van der Waals surface area contributed by atoms with Gasteiger partial charge in [0.05, 0.1) is 24.8 Å². The second-order valence-corrected chi connectivity index (χ2v) is 9.20. The molecule has 30 heavy (non-hydrogen) atoms. The molecule has 0 aliphatic carbocycles. The van der Waals surface area contributed by atoms with Crippen molar-refractivity contribution in [3.63, 3.8) is 0 Å². The number of carbonyl (C=O) groups excluding carboxylic acids is 2. The second kappa shape index (κ2) is 8.08. The molecule has 1 fully saturated rings. The highest BCUT2D eigenvalue weighted by atomic mass is 32.1. The molecule has 0 spiro atoms. The van der Waals surface area contributed by atoms with Gasteiger partial charge in [0.2, 0.25) is 0 Å². The number of nitrogens with zero attached hydrogens (tertiary/aromatic N) is 1. The summed E-state index contributed by atoms with van der Waals surface area (Å²) in [6.45, 7) is 4.11. The number of hydrogen-bond acceptors (Lipinski definition) is 6. The molecule has 0 bridgehead atoms. The number of rotatable bonds is 5. The highest BCUT2D eigenvalue weighted by Gasteiger charge is 2.46. The molecule has 0 radical (unpaired) electrons. The van der Waals surface area contributed by atoms with Gasteiger partial charge in [-0.3, -0.25) is 9.59 Å². The second-order valence-electron chi connectivity index (χ2n) is 7.18. The molecule has 7 heteroatoms. The monoisotopic (exact) mass is 439 g/mol. The molecule has 1 N–H and O–H groups in total. The van der Waals surface area contributed by atoms with E-state index in [0.717, 1.165) is 20.9 Å². The van der Waals surface area contributed by atoms with E-state index in [1.807, 2.05) is 54.9 Å². The largest absolute Gasteiger partial charge is 0.507 e. The topological polar surface area (TPSA) is 66.8 Å². The minimum Gasteiger partial charge on any atom is -0.507 e. The first kappa shape index (κ1) is 20.4. The van der Waals surface area contributed by atoms with Crippen molar-refractivity contribution < 1.29 is 19.4 Å². The van der Waals surface area contributed by atoms with Crippen LogP contribution in [0.15, 0.2) is 52.7 Å². The van der Waals surface area contributed by atoms with E-state index in [0.29, 0.717) is 17.9 Å². The molecule has 0 saturated carbocycles. The molecule has 1 atom stereocenters. The summed E-state index contributed by atoms with van der Waals surface area (Å²) in [6, 6.07) is 10.7. The standard InChI is InChI=1S/C23H21NO4S2/c1-13-10-14(2)22(28-3)16(11-13)20(25)18-19(17-7-5-9-30-17)24(23(27)21(18)26)12-15-6-4-8-29-15/h4-11,19,25H,12H2,1-3H3/b20-18-. The molecule has 4 rings (SSSR count). The van der Waals surface area contributed by atoms with Gasteiger partial charge in [-0.2, -0.15) is 0 Å². The van der Waals surface area contributed by atoms with Gasteiger partial charge in [0, 0.05) is 9.75 Å². The molecule has 1 aliphatic rings. The highest BCUT2D eigenvalue weighted by Crippen LogP contribution is 2.43. The first-order chi connectivity index (χ1) is 14.4. The molecule has 1 aliphatic heterocycles. The van der Waals surface area contributed by atoms with Crippen LogP contribution in [0.3, 0.4) is 0 Å². The lowest BCUT2D eigenvalue weighted by Gasteiger charge is -2.23. The Hall–Kier alpha value is -2.90. The summed E-state index contributed by atoms with van der Waals surface area (Å²) in [4.78, 5) is 29.4. The maximum absolute atomic E-state index is 13.1. The first-order valence-electron chi connectivity index (χ1n) is 9.42. The van der Waals surface area contributed by atoms with Gasteiger partial charge >= 0.3 is 0 Å². The lowest BCUT2D eigenvalue weighted by molar-refractivity contribution is -0.140. The maximum Gasteiger partial charge on any atom is 0.296 e. The van der Waals surface area contributed by atoms with Crippen LogP contribution < -0.4 is 4.74 Å². The van der Waals surface area contributed by atoms with E-state index in [4.69, 9.17) is 4.74 Å². The zero-order valence-corrected chi connectivity index (χ0v) is 18.5. The molecule has 1 unspecified atom stereocenters. The number of aliphatic hydroxyl groups excluding tert-OH is 1. The smallest absolute Gasteiger partial charge is 0.296 e. The summed E-state index contributed by atoms with van der Waals surface area (Å²) in [5.74, 6) is -0.994. The number of methoxy groups -OCH3 is 1. The van der Waals surface area contributed by atoms with Gasteiger partial charge in [0.15, 0.2) is 0 Å². The number of benzene rings is 1. The molecule has 3 heterocycles. The van der Waals surface area contributed by atoms with Crippen LogP contribution in [-0.4, -0.2) is 28.8 Å². The van der Waals surface area contributed by atoms with Crippen molar-refractivity contribution in [2.45, 2.75) is 26.4 Å². The van der Waals surface area contributed by atoms with Crippen LogP contribution in [0.5, 0.6) is 5.75 Å². The first-order valence-corrected chi connectivity index (χ1v) is 11.2. The zero-order valence-electron chi connectivity index (χ0n) is 16.8. The van der Waals surface area contributed by atoms with E-state index in [1.165, 1.54) is 29.8 Å². The van der Waals surface area contributed by atoms with Gasteiger partial charge in [-0.25, -0.2) is 0 Å². The van der Waals surface area contributed by atoms with E-state index >= 15 is 0 Å². The van der Waals surface area contributed by atoms with E-state index in [2.05, 4.69) is 0 Å². The fourth-order valence-corrected chi connectivity index (χ4v) is 5.45. The van der Waals surface area contributed by atoms with Crippen LogP contribution in [0.2, 0.25) is 0 Å². The predicted octanol–water partition coefficient (Wildman–Crippen LogP) is 5.06. The fourth-order valence-electron chi connectivity index (χ4n) is 3.90. The Labute approximate surface area is 182 Å². The van der Waals surface area contributed by atoms with Crippen LogP contribution in [0, 0.1) is 13.8 Å². The predicted molar refractivity (Wildman–Crippen MR) is 119 cm³/mol. The van der Waals surface area contributed by atoms with Gasteiger partial charge in [-0.15, -0.1) is 22.7 Å². The molecule has 5 nitrogen and oxygen atoms in total. The van der Waals surface area contributed by atoms with Crippen molar-refractivity contribution in [2.75, 3.05) is 7.11 Å². The Kier molecular flexibility index (Phi) is 5.49. The molecular formula is C23H21NO4S2. The van der Waals surface area contributed by atoms with Crippen molar-refractivity contribution in [1.82, 2.24) is 4.90 Å². The number of aliphatic hydroxyl groups is 1. The lowest BCUT2D eigenvalue weighted by Crippen LogP contribution is -2.28. The summed E-state index contributed by atoms with van der Waals surface area (Å²) >= 11 is 2.98. The number of ketones is 1. The average Bonchev–Trinajstić information content (AvgIpc) is 3.46. The Morgan fingerprint density at radius 1 is 1.13 bits per heavy atom. The van der Waals surface area contributed by atoms with Crippen LogP contribution in [0.4, 0.5) is 0 Å². The van der Waals surface area contributed by atoms with Crippen molar-refractivity contribution in [2.24, 2.45) is 0 Å². The molecule has 1 aromatic carbocycles. The summed E-state index contributed by atoms with van der Waals surface area (Å²) in [6.07, 6.45) is 0. The van der Waals surface area contributed by atoms with E-state index < -0.39 is 17.7 Å². The molecule has 2 aromatic heterocycles. The summed E-state index contributed by atoms with van der Waals surface area (Å²) in [7, 11) is 1.53. The van der Waals surface area contributed by atoms with E-state index in [9.17, 15) is 14.7 Å². The number of ether oxygens (including phenoxy) is 1. The number of aryl methyl sites for hydroxylation is 2. The van der Waals surface area contributed by atoms with E-state index in [-0.39, 0.29) is 11.3 Å². The molecule has 154 valence electrons. The molecular weight excluding hydrogens is 418 g/mol. The minimum atomic E-state index is -0.677. The summed E-state index contributed by atoms with van der Waals surface area (Å²) in [5.41, 5.74) is 2.29. The van der Waals surface area contributed by atoms with Gasteiger partial charge in [-0.05, 0) is 53.9 Å². The third kappa shape index (κ3) is 3.44. The van der Waals surface area contributed by atoms with Gasteiger partial charge in [-0.1, -0.05) is 18.2 Å². The number of Topliss-reactive ketones (excluding diaryl/α,β-unsaturated/α-hetero) is 1. The Morgan fingerprint density at radius 3 is 2.50 bits per heavy atom. The summed E-state index contributed by atoms with van der Waals surface area (Å²) < 4.78 is 5.51. The summed E-state index contributed by atoms with van der Waals surface area (Å²) in [5, 5.41) is 15.1. The number of amides is 1. The third-order valence-electron chi connectivity index (χ3n) is 5.14. The van der Waals surface area contributed by atoms with Crippen LogP contribution >= 0.6 is 22.7 Å². The van der Waals surface area contributed by atoms with Gasteiger partial charge in [0.1, 0.15) is 17.6 Å². The van der Waals surface area contributed by atoms with Crippen LogP contribution in [0.25, 0.3) is 5.76 Å². The van der Waals surface area contributed by atoms with Crippen molar-refractivity contribution in [1.29, 1.82) is 0 Å². The van der Waals surface area contributed by atoms with Crippen LogP contribution in [-0.2, 0) is 16.1 Å². The lowest BCUT2D eigenvalue weighted by atomic mass is 9.96. The quantitative estimate of drug-likeness (QED) is 0.343. The average molecular weight is 440 g/mol. The molecule has 1 amide bonds. The minimum absolute atomic E-state index is 0.0994. The van der Waals surface area contributed by atoms with E-state index in [1.54, 1.807) is 11.0 Å². The SMILES string of the molecule is COc1c(C)cc(C)cc1/C(O)=C1/C(=O)C(=O)N(Cc2cccs2)C1c1cccs1.